The fourth-order valence-corrected chi connectivity index (χ4v) is 1.38. The van der Waals surface area contributed by atoms with Crippen LogP contribution in [0.3, 0.4) is 0 Å². The van der Waals surface area contributed by atoms with Crippen LogP contribution in [0, 0.1) is 10.1 Å². The van der Waals surface area contributed by atoms with Crippen molar-refractivity contribution in [1.82, 2.24) is 0 Å². The minimum atomic E-state index is -0.381. The Morgan fingerprint density at radius 3 is 2.20 bits per heavy atom. The largest absolute Gasteiger partial charge is 0.269 e. The van der Waals surface area contributed by atoms with Crippen molar-refractivity contribution in [3.63, 3.8) is 0 Å². The van der Waals surface area contributed by atoms with Gasteiger partial charge in [-0.3, -0.25) is 10.1 Å². The van der Waals surface area contributed by atoms with Crippen molar-refractivity contribution in [2.75, 3.05) is 0 Å². The molecule has 0 spiro atoms. The van der Waals surface area contributed by atoms with Crippen LogP contribution in [-0.2, 0) is 0 Å². The molecule has 0 fully saturated rings. The van der Waals surface area contributed by atoms with Crippen molar-refractivity contribution >= 4 is 11.8 Å². The molecule has 0 saturated carbocycles. The Morgan fingerprint density at radius 1 is 1.27 bits per heavy atom. The standard InChI is InChI=1S/C12H15NO2/c1-3-10(4-2)9-11-5-7-12(8-6-11)13(14)15/h5-9H,3-4H2,1-2H3. The van der Waals surface area contributed by atoms with E-state index in [9.17, 15) is 10.1 Å². The quantitative estimate of drug-likeness (QED) is 0.554. The molecule has 3 heteroatoms. The van der Waals surface area contributed by atoms with E-state index in [0.717, 1.165) is 18.4 Å². The van der Waals surface area contributed by atoms with E-state index in [1.165, 1.54) is 17.7 Å². The third kappa shape index (κ3) is 3.20. The molecule has 1 aromatic rings. The Balaban J connectivity index is 2.89. The number of hydrogen-bond donors (Lipinski definition) is 0. The summed E-state index contributed by atoms with van der Waals surface area (Å²) in [4.78, 5) is 10.1. The van der Waals surface area contributed by atoms with Crippen molar-refractivity contribution < 1.29 is 4.92 Å². The molecular weight excluding hydrogens is 190 g/mol. The lowest BCUT2D eigenvalue weighted by molar-refractivity contribution is -0.384. The third-order valence-corrected chi connectivity index (χ3v) is 2.38. The van der Waals surface area contributed by atoms with Gasteiger partial charge in [0.25, 0.3) is 5.69 Å². The summed E-state index contributed by atoms with van der Waals surface area (Å²) in [5, 5.41) is 10.4. The van der Waals surface area contributed by atoms with E-state index in [-0.39, 0.29) is 10.6 Å². The molecule has 0 amide bonds. The number of nitro benzene ring substituents is 1. The molecule has 0 heterocycles. The molecule has 0 saturated heterocycles. The van der Waals surface area contributed by atoms with E-state index in [4.69, 9.17) is 0 Å². The average molecular weight is 205 g/mol. The molecule has 0 unspecified atom stereocenters. The fourth-order valence-electron chi connectivity index (χ4n) is 1.38. The van der Waals surface area contributed by atoms with Gasteiger partial charge in [0.2, 0.25) is 0 Å². The van der Waals surface area contributed by atoms with Gasteiger partial charge in [0.05, 0.1) is 4.92 Å². The first-order valence-corrected chi connectivity index (χ1v) is 5.11. The first-order chi connectivity index (χ1) is 7.17. The minimum Gasteiger partial charge on any atom is -0.258 e. The highest BCUT2D eigenvalue weighted by atomic mass is 16.6. The highest BCUT2D eigenvalue weighted by Gasteiger charge is 2.02. The zero-order valence-electron chi connectivity index (χ0n) is 9.06. The van der Waals surface area contributed by atoms with Crippen LogP contribution in [0.4, 0.5) is 5.69 Å². The molecule has 3 nitrogen and oxygen atoms in total. The molecule has 0 aliphatic heterocycles. The summed E-state index contributed by atoms with van der Waals surface area (Å²) in [5.74, 6) is 0. The second-order valence-electron chi connectivity index (χ2n) is 3.36. The first-order valence-electron chi connectivity index (χ1n) is 5.11. The van der Waals surface area contributed by atoms with Crippen LogP contribution in [0.1, 0.15) is 32.3 Å². The number of hydrogen-bond acceptors (Lipinski definition) is 2. The van der Waals surface area contributed by atoms with Crippen LogP contribution >= 0.6 is 0 Å². The van der Waals surface area contributed by atoms with Crippen LogP contribution < -0.4 is 0 Å². The summed E-state index contributed by atoms with van der Waals surface area (Å²) >= 11 is 0. The predicted octanol–water partition coefficient (Wildman–Crippen LogP) is 3.80. The molecule has 15 heavy (non-hydrogen) atoms. The third-order valence-electron chi connectivity index (χ3n) is 2.38. The van der Waals surface area contributed by atoms with Crippen molar-refractivity contribution in [3.8, 4) is 0 Å². The van der Waals surface area contributed by atoms with E-state index >= 15 is 0 Å². The lowest BCUT2D eigenvalue weighted by atomic mass is 10.1. The topological polar surface area (TPSA) is 43.1 Å². The van der Waals surface area contributed by atoms with Crippen LogP contribution in [0.15, 0.2) is 29.8 Å². The Kier molecular flexibility index (Phi) is 4.03. The number of allylic oxidation sites excluding steroid dienone is 1. The fraction of sp³-hybridized carbons (Fsp3) is 0.333. The Hall–Kier alpha value is -1.64. The highest BCUT2D eigenvalue weighted by Crippen LogP contribution is 2.16. The Morgan fingerprint density at radius 2 is 1.80 bits per heavy atom. The molecular formula is C12H15NO2. The van der Waals surface area contributed by atoms with Gasteiger partial charge in [0.1, 0.15) is 0 Å². The molecule has 0 aliphatic rings. The van der Waals surface area contributed by atoms with Gasteiger partial charge >= 0.3 is 0 Å². The highest BCUT2D eigenvalue weighted by molar-refractivity contribution is 5.54. The summed E-state index contributed by atoms with van der Waals surface area (Å²) in [7, 11) is 0. The van der Waals surface area contributed by atoms with Gasteiger partial charge in [-0.1, -0.05) is 25.5 Å². The summed E-state index contributed by atoms with van der Waals surface area (Å²) in [6.07, 6.45) is 4.13. The van der Waals surface area contributed by atoms with E-state index < -0.39 is 0 Å². The van der Waals surface area contributed by atoms with E-state index in [1.54, 1.807) is 12.1 Å². The predicted molar refractivity (Wildman–Crippen MR) is 61.7 cm³/mol. The smallest absolute Gasteiger partial charge is 0.258 e. The van der Waals surface area contributed by atoms with Gasteiger partial charge in [-0.05, 0) is 30.5 Å². The van der Waals surface area contributed by atoms with Gasteiger partial charge in [-0.15, -0.1) is 0 Å². The van der Waals surface area contributed by atoms with Crippen LogP contribution in [0.2, 0.25) is 0 Å². The van der Waals surface area contributed by atoms with Gasteiger partial charge in [0, 0.05) is 12.1 Å². The summed E-state index contributed by atoms with van der Waals surface area (Å²) in [5.41, 5.74) is 2.52. The van der Waals surface area contributed by atoms with Crippen molar-refractivity contribution in [2.24, 2.45) is 0 Å². The van der Waals surface area contributed by atoms with Crippen molar-refractivity contribution in [2.45, 2.75) is 26.7 Å². The van der Waals surface area contributed by atoms with Gasteiger partial charge in [-0.25, -0.2) is 0 Å². The monoisotopic (exact) mass is 205 g/mol. The zero-order chi connectivity index (χ0) is 11.3. The van der Waals surface area contributed by atoms with Gasteiger partial charge < -0.3 is 0 Å². The van der Waals surface area contributed by atoms with E-state index in [1.807, 2.05) is 0 Å². The molecule has 0 bridgehead atoms. The van der Waals surface area contributed by atoms with Crippen molar-refractivity contribution in [3.05, 3.63) is 45.5 Å². The summed E-state index contributed by atoms with van der Waals surface area (Å²) in [6.45, 7) is 4.22. The van der Waals surface area contributed by atoms with Gasteiger partial charge in [-0.2, -0.15) is 0 Å². The second-order valence-corrected chi connectivity index (χ2v) is 3.36. The second kappa shape index (κ2) is 5.29. The molecule has 0 aromatic heterocycles. The maximum Gasteiger partial charge on any atom is 0.269 e. The Labute approximate surface area is 89.6 Å². The number of rotatable bonds is 4. The SMILES string of the molecule is CCC(=Cc1ccc([N+](=O)[O-])cc1)CC. The number of nitrogens with zero attached hydrogens (tertiary/aromatic N) is 1. The van der Waals surface area contributed by atoms with E-state index in [2.05, 4.69) is 19.9 Å². The van der Waals surface area contributed by atoms with Crippen LogP contribution in [-0.4, -0.2) is 4.92 Å². The maximum absolute atomic E-state index is 10.4. The summed E-state index contributed by atoms with van der Waals surface area (Å²) in [6, 6.07) is 6.64. The molecule has 1 rings (SSSR count). The first kappa shape index (κ1) is 11.4. The minimum absolute atomic E-state index is 0.140. The van der Waals surface area contributed by atoms with Gasteiger partial charge in [0.15, 0.2) is 0 Å². The van der Waals surface area contributed by atoms with Crippen LogP contribution in [0.25, 0.3) is 6.08 Å². The normalized spacial score (nSPS) is 9.73. The van der Waals surface area contributed by atoms with E-state index in [0.29, 0.717) is 0 Å². The average Bonchev–Trinajstić information content (AvgIpc) is 2.26. The molecule has 0 radical (unpaired) electrons. The maximum atomic E-state index is 10.4. The summed E-state index contributed by atoms with van der Waals surface area (Å²) < 4.78 is 0. The number of benzene rings is 1. The Bertz CT molecular complexity index is 360. The molecule has 0 aliphatic carbocycles. The lowest BCUT2D eigenvalue weighted by Crippen LogP contribution is -1.87. The lowest BCUT2D eigenvalue weighted by Gasteiger charge is -2.00. The number of non-ortho nitro benzene ring substituents is 1. The molecule has 0 atom stereocenters. The molecule has 1 aromatic carbocycles. The number of nitro groups is 1. The van der Waals surface area contributed by atoms with Crippen LogP contribution in [0.5, 0.6) is 0 Å². The molecule has 0 N–H and O–H groups in total. The molecule has 80 valence electrons. The van der Waals surface area contributed by atoms with Crippen molar-refractivity contribution in [1.29, 1.82) is 0 Å². The zero-order valence-corrected chi connectivity index (χ0v) is 9.06.